The van der Waals surface area contributed by atoms with Crippen LogP contribution in [-0.4, -0.2) is 21.3 Å². The number of benzene rings is 2. The minimum Gasteiger partial charge on any atom is -0.495 e. The summed E-state index contributed by atoms with van der Waals surface area (Å²) >= 11 is 12.5. The molecule has 2 rings (SSSR count). The highest BCUT2D eigenvalue weighted by Crippen LogP contribution is 2.42. The van der Waals surface area contributed by atoms with E-state index in [2.05, 4.69) is 5.32 Å². The molecule has 0 aliphatic rings. The molecule has 0 fully saturated rings. The van der Waals surface area contributed by atoms with Gasteiger partial charge in [0.15, 0.2) is 0 Å². The molecule has 0 heterocycles. The Bertz CT molecular complexity index is 644. The van der Waals surface area contributed by atoms with E-state index < -0.39 is 0 Å². The Kier molecular flexibility index (Phi) is 5.34. The van der Waals surface area contributed by atoms with Crippen LogP contribution in [0.25, 0.3) is 11.1 Å². The van der Waals surface area contributed by atoms with Crippen molar-refractivity contribution in [1.82, 2.24) is 5.32 Å². The Morgan fingerprint density at radius 1 is 1.05 bits per heavy atom. The van der Waals surface area contributed by atoms with Crippen LogP contribution in [0, 0.1) is 0 Å². The second-order valence-corrected chi connectivity index (χ2v) is 5.28. The van der Waals surface area contributed by atoms with Gasteiger partial charge in [-0.15, -0.1) is 0 Å². The molecule has 0 saturated heterocycles. The molecular formula is C16H17Cl2NO2. The zero-order valence-electron chi connectivity index (χ0n) is 12.2. The SMILES string of the molecule is CNCc1cc(-c2ccc(OC)c(Cl)c2OC)ccc1Cl. The molecule has 0 saturated carbocycles. The first-order chi connectivity index (χ1) is 10.1. The first-order valence-corrected chi connectivity index (χ1v) is 7.21. The number of hydrogen-bond donors (Lipinski definition) is 1. The van der Waals surface area contributed by atoms with Crippen LogP contribution < -0.4 is 14.8 Å². The van der Waals surface area contributed by atoms with Crippen LogP contribution in [0.5, 0.6) is 11.5 Å². The number of halogens is 2. The van der Waals surface area contributed by atoms with Gasteiger partial charge in [0.25, 0.3) is 0 Å². The fourth-order valence-corrected chi connectivity index (χ4v) is 2.69. The zero-order valence-corrected chi connectivity index (χ0v) is 13.7. The summed E-state index contributed by atoms with van der Waals surface area (Å²) in [6.45, 7) is 0.693. The third-order valence-corrected chi connectivity index (χ3v) is 3.94. The molecule has 1 N–H and O–H groups in total. The zero-order chi connectivity index (χ0) is 15.4. The number of ether oxygens (including phenoxy) is 2. The summed E-state index contributed by atoms with van der Waals surface area (Å²) in [7, 11) is 5.05. The van der Waals surface area contributed by atoms with Gasteiger partial charge in [0.05, 0.1) is 14.2 Å². The van der Waals surface area contributed by atoms with E-state index in [0.717, 1.165) is 21.7 Å². The predicted octanol–water partition coefficient (Wildman–Crippen LogP) is 4.40. The Labute approximate surface area is 134 Å². The van der Waals surface area contributed by atoms with Crippen molar-refractivity contribution in [1.29, 1.82) is 0 Å². The van der Waals surface area contributed by atoms with Crippen LogP contribution in [0.3, 0.4) is 0 Å². The fraction of sp³-hybridized carbons (Fsp3) is 0.250. The lowest BCUT2D eigenvalue weighted by atomic mass is 10.0. The lowest BCUT2D eigenvalue weighted by molar-refractivity contribution is 0.396. The standard InChI is InChI=1S/C16H17Cl2NO2/c1-19-9-11-8-10(4-6-13(11)17)12-5-7-14(20-2)15(18)16(12)21-3/h4-8,19H,9H2,1-3H3. The molecule has 2 aromatic rings. The van der Waals surface area contributed by atoms with Gasteiger partial charge in [-0.1, -0.05) is 29.3 Å². The molecule has 112 valence electrons. The van der Waals surface area contributed by atoms with Gasteiger partial charge < -0.3 is 14.8 Å². The molecule has 3 nitrogen and oxygen atoms in total. The minimum atomic E-state index is 0.461. The quantitative estimate of drug-likeness (QED) is 0.883. The highest BCUT2D eigenvalue weighted by Gasteiger charge is 2.15. The van der Waals surface area contributed by atoms with Crippen LogP contribution in [0.1, 0.15) is 5.56 Å². The third-order valence-electron chi connectivity index (χ3n) is 3.21. The maximum absolute atomic E-state index is 6.31. The van der Waals surface area contributed by atoms with Crippen LogP contribution in [-0.2, 0) is 6.54 Å². The molecule has 0 aliphatic carbocycles. The van der Waals surface area contributed by atoms with Gasteiger partial charge >= 0.3 is 0 Å². The van der Waals surface area contributed by atoms with Gasteiger partial charge in [0.2, 0.25) is 0 Å². The molecule has 21 heavy (non-hydrogen) atoms. The molecular weight excluding hydrogens is 309 g/mol. The molecule has 0 spiro atoms. The van der Waals surface area contributed by atoms with Crippen molar-refractivity contribution < 1.29 is 9.47 Å². The van der Waals surface area contributed by atoms with E-state index in [1.54, 1.807) is 14.2 Å². The van der Waals surface area contributed by atoms with E-state index in [1.807, 2.05) is 37.4 Å². The summed E-state index contributed by atoms with van der Waals surface area (Å²) in [5.74, 6) is 1.18. The van der Waals surface area contributed by atoms with E-state index in [0.29, 0.717) is 23.1 Å². The number of methoxy groups -OCH3 is 2. The lowest BCUT2D eigenvalue weighted by Gasteiger charge is -2.14. The molecule has 2 aromatic carbocycles. The van der Waals surface area contributed by atoms with E-state index in [4.69, 9.17) is 32.7 Å². The maximum Gasteiger partial charge on any atom is 0.149 e. The van der Waals surface area contributed by atoms with Crippen molar-refractivity contribution in [3.63, 3.8) is 0 Å². The smallest absolute Gasteiger partial charge is 0.149 e. The first-order valence-electron chi connectivity index (χ1n) is 6.46. The Morgan fingerprint density at radius 2 is 1.81 bits per heavy atom. The van der Waals surface area contributed by atoms with E-state index in [9.17, 15) is 0 Å². The van der Waals surface area contributed by atoms with E-state index >= 15 is 0 Å². The Balaban J connectivity index is 2.56. The molecule has 0 radical (unpaired) electrons. The summed E-state index contributed by atoms with van der Waals surface area (Å²) in [4.78, 5) is 0. The van der Waals surface area contributed by atoms with Crippen LogP contribution in [0.15, 0.2) is 30.3 Å². The molecule has 0 atom stereocenters. The van der Waals surface area contributed by atoms with Crippen molar-refractivity contribution in [2.45, 2.75) is 6.54 Å². The molecule has 0 amide bonds. The summed E-state index contributed by atoms with van der Waals surface area (Å²) in [6.07, 6.45) is 0. The summed E-state index contributed by atoms with van der Waals surface area (Å²) in [5, 5.41) is 4.29. The van der Waals surface area contributed by atoms with Gasteiger partial charge in [-0.25, -0.2) is 0 Å². The number of hydrogen-bond acceptors (Lipinski definition) is 3. The van der Waals surface area contributed by atoms with Crippen molar-refractivity contribution in [3.05, 3.63) is 45.9 Å². The maximum atomic E-state index is 6.31. The Morgan fingerprint density at radius 3 is 2.43 bits per heavy atom. The minimum absolute atomic E-state index is 0.461. The van der Waals surface area contributed by atoms with Gasteiger partial charge in [0, 0.05) is 17.1 Å². The summed E-state index contributed by atoms with van der Waals surface area (Å²) < 4.78 is 10.7. The molecule has 0 aliphatic heterocycles. The first kappa shape index (κ1) is 16.0. The monoisotopic (exact) mass is 325 g/mol. The molecule has 5 heteroatoms. The number of nitrogens with one attached hydrogen (secondary N) is 1. The topological polar surface area (TPSA) is 30.5 Å². The van der Waals surface area contributed by atoms with Crippen molar-refractivity contribution >= 4 is 23.2 Å². The summed E-state index contributed by atoms with van der Waals surface area (Å²) in [6, 6.07) is 9.60. The second kappa shape index (κ2) is 7.03. The van der Waals surface area contributed by atoms with E-state index in [1.165, 1.54) is 0 Å². The molecule has 0 bridgehead atoms. The largest absolute Gasteiger partial charge is 0.495 e. The van der Waals surface area contributed by atoms with Gasteiger partial charge in [-0.3, -0.25) is 0 Å². The van der Waals surface area contributed by atoms with Crippen LogP contribution in [0.4, 0.5) is 0 Å². The second-order valence-electron chi connectivity index (χ2n) is 4.50. The molecule has 0 aromatic heterocycles. The summed E-state index contributed by atoms with van der Waals surface area (Å²) in [5.41, 5.74) is 2.91. The van der Waals surface area contributed by atoms with E-state index in [-0.39, 0.29) is 0 Å². The highest BCUT2D eigenvalue weighted by atomic mass is 35.5. The van der Waals surface area contributed by atoms with Crippen molar-refractivity contribution in [2.24, 2.45) is 0 Å². The fourth-order valence-electron chi connectivity index (χ4n) is 2.19. The van der Waals surface area contributed by atoms with Crippen LogP contribution >= 0.6 is 23.2 Å². The van der Waals surface area contributed by atoms with Crippen molar-refractivity contribution in [2.75, 3.05) is 21.3 Å². The lowest BCUT2D eigenvalue weighted by Crippen LogP contribution is -2.05. The van der Waals surface area contributed by atoms with Crippen molar-refractivity contribution in [3.8, 4) is 22.6 Å². The van der Waals surface area contributed by atoms with Gasteiger partial charge in [-0.2, -0.15) is 0 Å². The average molecular weight is 326 g/mol. The predicted molar refractivity (Wildman–Crippen MR) is 87.8 cm³/mol. The van der Waals surface area contributed by atoms with Crippen LogP contribution in [0.2, 0.25) is 10.0 Å². The third kappa shape index (κ3) is 3.26. The Hall–Kier alpha value is -1.42. The normalized spacial score (nSPS) is 10.5. The van der Waals surface area contributed by atoms with Gasteiger partial charge in [0.1, 0.15) is 16.5 Å². The highest BCUT2D eigenvalue weighted by molar-refractivity contribution is 6.34. The molecule has 0 unspecified atom stereocenters. The number of rotatable bonds is 5. The van der Waals surface area contributed by atoms with Gasteiger partial charge in [-0.05, 0) is 42.4 Å². The average Bonchev–Trinajstić information content (AvgIpc) is 2.49.